The smallest absolute Gasteiger partial charge is 0.545 e. The molecule has 0 saturated heterocycles. The minimum absolute atomic E-state index is 0. The second-order valence-electron chi connectivity index (χ2n) is 9.78. The number of ketones is 1. The van der Waals surface area contributed by atoms with Gasteiger partial charge in [0, 0.05) is 18.7 Å². The van der Waals surface area contributed by atoms with Crippen LogP contribution in [0.3, 0.4) is 0 Å². The van der Waals surface area contributed by atoms with Crippen LogP contribution in [0.5, 0.6) is 0 Å². The van der Waals surface area contributed by atoms with Crippen LogP contribution in [0.2, 0.25) is 0 Å². The van der Waals surface area contributed by atoms with Crippen molar-refractivity contribution < 1.29 is 97.3 Å². The van der Waals surface area contributed by atoms with Crippen LogP contribution < -0.4 is 56.6 Å². The second kappa shape index (κ2) is 28.7. The molecule has 0 spiro atoms. The molecular formula is C34H39F6Li3O3-4. The van der Waals surface area contributed by atoms with Crippen LogP contribution in [0.15, 0.2) is 54.2 Å². The minimum atomic E-state index is -4.72. The number of rotatable bonds is 13. The van der Waals surface area contributed by atoms with E-state index in [1.807, 2.05) is 18.6 Å². The summed E-state index contributed by atoms with van der Waals surface area (Å²) in [6.45, 7) is 21.6. The van der Waals surface area contributed by atoms with Crippen molar-refractivity contribution in [3.05, 3.63) is 105 Å². The molecule has 2 aliphatic rings. The van der Waals surface area contributed by atoms with Gasteiger partial charge in [-0.15, -0.1) is 24.8 Å². The maximum absolute atomic E-state index is 13.0. The Labute approximate surface area is 307 Å². The van der Waals surface area contributed by atoms with E-state index in [-0.39, 0.29) is 87.6 Å². The molecule has 1 aromatic carbocycles. The molecule has 0 unspecified atom stereocenters. The number of hydrogen-bond acceptors (Lipinski definition) is 3. The molecule has 12 heteroatoms. The number of halogens is 6. The maximum Gasteiger partial charge on any atom is 1.00 e. The van der Waals surface area contributed by atoms with E-state index in [1.54, 1.807) is 12.1 Å². The molecule has 0 bridgehead atoms. The zero-order chi connectivity index (χ0) is 32.9. The number of carbonyl (C=O) groups excluding carboxylic acids is 2. The van der Waals surface area contributed by atoms with Crippen LogP contribution in [-0.4, -0.2) is 37.9 Å². The van der Waals surface area contributed by atoms with Crippen molar-refractivity contribution in [3.63, 3.8) is 0 Å². The molecule has 3 nitrogen and oxygen atoms in total. The molecule has 0 aliphatic heterocycles. The molecule has 0 aromatic heterocycles. The van der Waals surface area contributed by atoms with Gasteiger partial charge >= 0.3 is 62.8 Å². The summed E-state index contributed by atoms with van der Waals surface area (Å²) in [5.74, 6) is -2.78. The molecule has 2 aliphatic carbocycles. The van der Waals surface area contributed by atoms with E-state index in [1.165, 1.54) is 12.8 Å². The monoisotopic (exact) mass is 630 g/mol. The van der Waals surface area contributed by atoms with Crippen molar-refractivity contribution in [2.24, 2.45) is 5.92 Å². The van der Waals surface area contributed by atoms with Crippen LogP contribution in [-0.2, 0) is 14.3 Å². The standard InChI is InChI=1S/C17H18F5O.C9H8F.C7H12O.CHO.3Li/c1-3-13(15(4-2)17(20,21)22)11-14(23)6-5-12-7-9-16(18,19)10-8-12;10-9-3-1-2-8(6-9)7-4-5-7;1-3-5-6-7-8-4-2;1-2;;;/h1-4,11-12H,5-10H2;1-2,6-7H,4-5H2;3,6H,1-2,4-5,7H2;1H;;;/q-3;-1;-2;-1;3*+1/b15-13-;;;;;;. The summed E-state index contributed by atoms with van der Waals surface area (Å²) < 4.78 is 81.6. The van der Waals surface area contributed by atoms with E-state index < -0.39 is 29.0 Å². The number of benzene rings is 1. The molecule has 0 heterocycles. The number of hydrogen-bond donors (Lipinski definition) is 0. The third kappa shape index (κ3) is 24.0. The first-order chi connectivity index (χ1) is 20.4. The number of allylic oxidation sites excluding steroid dienone is 5. The largest absolute Gasteiger partial charge is 1.00 e. The van der Waals surface area contributed by atoms with E-state index in [2.05, 4.69) is 26.4 Å². The third-order valence-electron chi connectivity index (χ3n) is 6.47. The molecule has 0 radical (unpaired) electrons. The Hall–Kier alpha value is -1.28. The molecule has 46 heavy (non-hydrogen) atoms. The first-order valence-corrected chi connectivity index (χ1v) is 13.7. The molecular weight excluding hydrogens is 591 g/mol. The van der Waals surface area contributed by atoms with Gasteiger partial charge < -0.3 is 39.5 Å². The molecule has 3 rings (SSSR count). The number of Topliss-reactive ketones (excluding diaryl/α,β-unsaturated/α-hetero) is 1. The molecule has 242 valence electrons. The van der Waals surface area contributed by atoms with E-state index in [9.17, 15) is 31.1 Å². The van der Waals surface area contributed by atoms with Gasteiger partial charge in [0.2, 0.25) is 5.92 Å². The molecule has 2 fully saturated rings. The predicted octanol–water partition coefficient (Wildman–Crippen LogP) is 0.0614. The van der Waals surface area contributed by atoms with Gasteiger partial charge in [-0.25, -0.2) is 25.7 Å². The molecule has 2 saturated carbocycles. The van der Waals surface area contributed by atoms with Crippen LogP contribution >= 0.6 is 0 Å². The Morgan fingerprint density at radius 2 is 1.70 bits per heavy atom. The van der Waals surface area contributed by atoms with Crippen molar-refractivity contribution in [1.29, 1.82) is 0 Å². The van der Waals surface area contributed by atoms with E-state index in [0.717, 1.165) is 18.4 Å². The summed E-state index contributed by atoms with van der Waals surface area (Å²) in [4.78, 5) is 19.5. The first-order valence-electron chi connectivity index (χ1n) is 13.7. The van der Waals surface area contributed by atoms with Crippen molar-refractivity contribution in [3.8, 4) is 0 Å². The van der Waals surface area contributed by atoms with Gasteiger partial charge in [-0.1, -0.05) is 13.2 Å². The Morgan fingerprint density at radius 3 is 2.13 bits per heavy atom. The second-order valence-corrected chi connectivity index (χ2v) is 9.78. The summed E-state index contributed by atoms with van der Waals surface area (Å²) in [6, 6.07) is 7.67. The average Bonchev–Trinajstić information content (AvgIpc) is 3.82. The number of ether oxygens (including phenoxy) is 1. The van der Waals surface area contributed by atoms with Gasteiger partial charge in [0.05, 0.1) is 5.78 Å². The van der Waals surface area contributed by atoms with E-state index in [0.29, 0.717) is 50.5 Å². The van der Waals surface area contributed by atoms with Gasteiger partial charge in [-0.3, -0.25) is 19.8 Å². The van der Waals surface area contributed by atoms with E-state index in [4.69, 9.17) is 22.7 Å². The Balaban J connectivity index is -0.000000318. The van der Waals surface area contributed by atoms with Crippen molar-refractivity contribution in [2.45, 2.75) is 75.8 Å². The van der Waals surface area contributed by atoms with Crippen LogP contribution in [0.25, 0.3) is 0 Å². The van der Waals surface area contributed by atoms with Crippen molar-refractivity contribution in [1.82, 2.24) is 0 Å². The fourth-order valence-corrected chi connectivity index (χ4v) is 4.03. The van der Waals surface area contributed by atoms with E-state index >= 15 is 0 Å². The summed E-state index contributed by atoms with van der Waals surface area (Å²) in [6.07, 6.45) is 4.89. The summed E-state index contributed by atoms with van der Waals surface area (Å²) >= 11 is 0. The van der Waals surface area contributed by atoms with Crippen LogP contribution in [0, 0.1) is 50.7 Å². The fraction of sp³-hybridized carbons (Fsp3) is 0.441. The number of unbranched alkanes of at least 4 members (excludes halogenated alkanes) is 1. The molecule has 0 N–H and O–H groups in total. The van der Waals surface area contributed by atoms with Gasteiger partial charge in [0.25, 0.3) is 0 Å². The van der Waals surface area contributed by atoms with Crippen molar-refractivity contribution in [2.75, 3.05) is 13.2 Å². The summed E-state index contributed by atoms with van der Waals surface area (Å²) in [5, 5.41) is 0. The zero-order valence-electron chi connectivity index (χ0n) is 27.2. The molecule has 0 atom stereocenters. The molecule has 1 aromatic rings. The third-order valence-corrected chi connectivity index (χ3v) is 6.47. The van der Waals surface area contributed by atoms with Crippen LogP contribution in [0.1, 0.15) is 69.3 Å². The SMILES string of the molecule is C=CC[CH-]COC[CH2-].Fc1[c-]ccc(C2CC2)c1.[CH-]=C/C([CH-]C(=O)CCC1CCC(F)(F)CC1)=C(\C=[CH-])C(F)(F)F.[CH-]=O.[Li+].[Li+].[Li+]. The summed E-state index contributed by atoms with van der Waals surface area (Å²) in [7, 11) is 0. The normalized spacial score (nSPS) is 15.3. The zero-order valence-corrected chi connectivity index (χ0v) is 27.2. The number of alkyl halides is 5. The maximum atomic E-state index is 13.0. The quantitative estimate of drug-likeness (QED) is 0.0590. The van der Waals surface area contributed by atoms with Gasteiger partial charge in [-0.2, -0.15) is 42.9 Å². The summed E-state index contributed by atoms with van der Waals surface area (Å²) in [5.41, 5.74) is -0.554. The Morgan fingerprint density at radius 1 is 1.11 bits per heavy atom. The number of carbonyl (C=O) groups is 1. The molecule has 0 amide bonds. The average molecular weight is 630 g/mol. The van der Waals surface area contributed by atoms with Crippen molar-refractivity contribution >= 4 is 12.6 Å². The fourth-order valence-electron chi connectivity index (χ4n) is 4.03. The Bertz CT molecular complexity index is 1020. The minimum Gasteiger partial charge on any atom is -0.545 e. The van der Waals surface area contributed by atoms with Gasteiger partial charge in [0.1, 0.15) is 0 Å². The topological polar surface area (TPSA) is 43.4 Å². The predicted molar refractivity (Wildman–Crippen MR) is 156 cm³/mol. The van der Waals surface area contributed by atoms with Gasteiger partial charge in [-0.05, 0) is 50.4 Å². The van der Waals surface area contributed by atoms with Crippen LogP contribution in [0.4, 0.5) is 26.3 Å². The van der Waals surface area contributed by atoms with Gasteiger partial charge in [0.15, 0.2) is 0 Å². The first kappa shape index (κ1) is 51.6. The Kier molecular flexibility index (Phi) is 32.2.